The van der Waals surface area contributed by atoms with Crippen LogP contribution in [-0.2, 0) is 26.1 Å². The van der Waals surface area contributed by atoms with Crippen LogP contribution in [0.4, 0.5) is 0 Å². The van der Waals surface area contributed by atoms with Crippen molar-refractivity contribution in [2.24, 2.45) is 0 Å². The van der Waals surface area contributed by atoms with E-state index < -0.39 is 0 Å². The zero-order chi connectivity index (χ0) is 26.5. The number of fused-ring (bicyclic) bond motifs is 1. The van der Waals surface area contributed by atoms with Crippen LogP contribution in [0, 0.1) is 0 Å². The van der Waals surface area contributed by atoms with Gasteiger partial charge in [-0.05, 0) is 35.2 Å². The van der Waals surface area contributed by atoms with E-state index in [2.05, 4.69) is 33.2 Å². The number of H-pyrrole nitrogens is 1. The molecule has 38 heavy (non-hydrogen) atoms. The molecule has 0 bridgehead atoms. The van der Waals surface area contributed by atoms with Gasteiger partial charge in [-0.1, -0.05) is 83.9 Å². The lowest BCUT2D eigenvalue weighted by molar-refractivity contribution is 0.0779. The molecule has 6 nitrogen and oxygen atoms in total. The molecule has 5 rings (SSSR count). The summed E-state index contributed by atoms with van der Waals surface area (Å²) in [6.45, 7) is 2.19. The predicted octanol–water partition coefficient (Wildman–Crippen LogP) is 6.98. The summed E-state index contributed by atoms with van der Waals surface area (Å²) in [6.07, 6.45) is 4.30. The Kier molecular flexibility index (Phi) is 8.13. The van der Waals surface area contributed by atoms with Gasteiger partial charge in [-0.2, -0.15) is 0 Å². The number of aromatic nitrogens is 2. The van der Waals surface area contributed by atoms with Gasteiger partial charge in [0.2, 0.25) is 5.89 Å². The lowest BCUT2D eigenvalue weighted by Crippen LogP contribution is -2.27. The highest BCUT2D eigenvalue weighted by molar-refractivity contribution is 6.42. The van der Waals surface area contributed by atoms with Gasteiger partial charge < -0.3 is 14.3 Å². The second-order valence-corrected chi connectivity index (χ2v) is 10.1. The van der Waals surface area contributed by atoms with Gasteiger partial charge in [0.05, 0.1) is 16.6 Å². The molecule has 0 aliphatic heterocycles. The summed E-state index contributed by atoms with van der Waals surface area (Å²) < 4.78 is 5.75. The minimum absolute atomic E-state index is 0.188. The number of amides is 1. The molecule has 0 atom stereocenters. The summed E-state index contributed by atoms with van der Waals surface area (Å²) >= 11 is 12.8. The topological polar surface area (TPSA) is 65.4 Å². The van der Waals surface area contributed by atoms with Gasteiger partial charge in [-0.3, -0.25) is 9.69 Å². The lowest BCUT2D eigenvalue weighted by atomic mass is 10.1. The zero-order valence-electron chi connectivity index (χ0n) is 21.0. The summed E-state index contributed by atoms with van der Waals surface area (Å²) in [5, 5.41) is 2.27. The maximum Gasteiger partial charge on any atom is 0.275 e. The minimum atomic E-state index is -0.188. The summed E-state index contributed by atoms with van der Waals surface area (Å²) in [4.78, 5) is 24.7. The van der Waals surface area contributed by atoms with Crippen LogP contribution in [0.15, 0.2) is 89.7 Å². The van der Waals surface area contributed by atoms with Crippen LogP contribution in [-0.4, -0.2) is 39.3 Å². The van der Waals surface area contributed by atoms with Crippen molar-refractivity contribution in [1.82, 2.24) is 19.8 Å². The molecule has 5 aromatic rings. The normalized spacial score (nSPS) is 11.4. The average molecular weight is 547 g/mol. The summed E-state index contributed by atoms with van der Waals surface area (Å²) in [7, 11) is 1.76. The van der Waals surface area contributed by atoms with Crippen LogP contribution in [0.25, 0.3) is 10.9 Å². The standard InChI is InChI=1S/C30H28Cl2N4O2/c1-35(17-21-8-3-2-4-9-21)30(37)27-20-38-28(34-27)19-36(18-23-10-7-12-25(31)29(23)32)15-14-22-16-33-26-13-6-5-11-24(22)26/h2-13,16,20,33H,14-15,17-19H2,1H3. The van der Waals surface area contributed by atoms with E-state index in [1.807, 2.05) is 54.6 Å². The summed E-state index contributed by atoms with van der Waals surface area (Å²) in [6, 6.07) is 23.8. The molecule has 3 aromatic carbocycles. The van der Waals surface area contributed by atoms with Crippen LogP contribution in [0.5, 0.6) is 0 Å². The molecule has 194 valence electrons. The largest absolute Gasteiger partial charge is 0.447 e. The van der Waals surface area contributed by atoms with Crippen molar-refractivity contribution in [3.63, 3.8) is 0 Å². The molecule has 2 heterocycles. The minimum Gasteiger partial charge on any atom is -0.447 e. The van der Waals surface area contributed by atoms with Crippen LogP contribution in [0.2, 0.25) is 10.0 Å². The number of aromatic amines is 1. The van der Waals surface area contributed by atoms with Crippen LogP contribution >= 0.6 is 23.2 Å². The van der Waals surface area contributed by atoms with Crippen molar-refractivity contribution < 1.29 is 9.21 Å². The molecule has 0 aliphatic carbocycles. The number of hydrogen-bond acceptors (Lipinski definition) is 4. The summed E-state index contributed by atoms with van der Waals surface area (Å²) in [5.74, 6) is 0.283. The number of hydrogen-bond donors (Lipinski definition) is 1. The van der Waals surface area contributed by atoms with Gasteiger partial charge in [0.15, 0.2) is 5.69 Å². The predicted molar refractivity (Wildman–Crippen MR) is 151 cm³/mol. The van der Waals surface area contributed by atoms with Crippen molar-refractivity contribution in [3.8, 4) is 0 Å². The van der Waals surface area contributed by atoms with Crippen LogP contribution < -0.4 is 0 Å². The Bertz CT molecular complexity index is 1530. The number of nitrogens with zero attached hydrogens (tertiary/aromatic N) is 3. The lowest BCUT2D eigenvalue weighted by Gasteiger charge is -2.21. The van der Waals surface area contributed by atoms with Crippen molar-refractivity contribution in [1.29, 1.82) is 0 Å². The third kappa shape index (κ3) is 6.10. The SMILES string of the molecule is CN(Cc1ccccc1)C(=O)c1coc(CN(CCc2c[nH]c3ccccc23)Cc2cccc(Cl)c2Cl)n1. The molecule has 0 aliphatic rings. The number of rotatable bonds is 10. The molecule has 0 unspecified atom stereocenters. The van der Waals surface area contributed by atoms with E-state index >= 15 is 0 Å². The summed E-state index contributed by atoms with van der Waals surface area (Å²) in [5.41, 5.74) is 4.60. The van der Waals surface area contributed by atoms with Gasteiger partial charge >= 0.3 is 0 Å². The first kappa shape index (κ1) is 26.0. The van der Waals surface area contributed by atoms with Gasteiger partial charge in [-0.15, -0.1) is 0 Å². The molecule has 0 saturated carbocycles. The Morgan fingerprint density at radius 2 is 1.71 bits per heavy atom. The van der Waals surface area contributed by atoms with E-state index in [4.69, 9.17) is 27.6 Å². The average Bonchev–Trinajstić information content (AvgIpc) is 3.57. The highest BCUT2D eigenvalue weighted by atomic mass is 35.5. The molecule has 0 fully saturated rings. The van der Waals surface area contributed by atoms with E-state index in [1.165, 1.54) is 17.2 Å². The molecule has 0 spiro atoms. The van der Waals surface area contributed by atoms with E-state index in [-0.39, 0.29) is 11.6 Å². The smallest absolute Gasteiger partial charge is 0.275 e. The molecular formula is C30H28Cl2N4O2. The van der Waals surface area contributed by atoms with Gasteiger partial charge in [0.1, 0.15) is 6.26 Å². The number of nitrogens with one attached hydrogen (secondary N) is 1. The monoisotopic (exact) mass is 546 g/mol. The molecule has 1 amide bonds. The molecule has 2 aromatic heterocycles. The third-order valence-corrected chi connectivity index (χ3v) is 7.39. The Morgan fingerprint density at radius 1 is 0.921 bits per heavy atom. The van der Waals surface area contributed by atoms with Gasteiger partial charge in [-0.25, -0.2) is 4.98 Å². The first-order valence-corrected chi connectivity index (χ1v) is 13.2. The molecule has 8 heteroatoms. The molecule has 0 radical (unpaired) electrons. The Balaban J connectivity index is 1.31. The fraction of sp³-hybridized carbons (Fsp3) is 0.200. The van der Waals surface area contributed by atoms with Gasteiger partial charge in [0.25, 0.3) is 5.91 Å². The van der Waals surface area contributed by atoms with E-state index in [0.29, 0.717) is 35.6 Å². The highest BCUT2D eigenvalue weighted by Gasteiger charge is 2.19. The van der Waals surface area contributed by atoms with E-state index in [1.54, 1.807) is 18.0 Å². The first-order chi connectivity index (χ1) is 18.5. The maximum atomic E-state index is 13.0. The number of halogens is 2. The van der Waals surface area contributed by atoms with E-state index in [9.17, 15) is 4.79 Å². The van der Waals surface area contributed by atoms with Gasteiger partial charge in [0, 0.05) is 43.8 Å². The molecule has 0 saturated heterocycles. The van der Waals surface area contributed by atoms with E-state index in [0.717, 1.165) is 29.6 Å². The van der Waals surface area contributed by atoms with Crippen molar-refractivity contribution in [3.05, 3.63) is 124 Å². The van der Waals surface area contributed by atoms with Crippen LogP contribution in [0.3, 0.4) is 0 Å². The first-order valence-electron chi connectivity index (χ1n) is 12.4. The Labute approximate surface area is 231 Å². The Hall–Kier alpha value is -3.58. The van der Waals surface area contributed by atoms with Crippen molar-refractivity contribution in [2.45, 2.75) is 26.1 Å². The number of benzene rings is 3. The fourth-order valence-corrected chi connectivity index (χ4v) is 4.92. The molecular weight excluding hydrogens is 519 g/mol. The van der Waals surface area contributed by atoms with Crippen molar-refractivity contribution in [2.75, 3.05) is 13.6 Å². The number of oxazole rings is 1. The number of para-hydroxylation sites is 1. The fourth-order valence-electron chi connectivity index (χ4n) is 4.54. The highest BCUT2D eigenvalue weighted by Crippen LogP contribution is 2.27. The second kappa shape index (κ2) is 11.9. The quantitative estimate of drug-likeness (QED) is 0.205. The number of carbonyl (C=O) groups excluding carboxylic acids is 1. The number of carbonyl (C=O) groups is 1. The third-order valence-electron chi connectivity index (χ3n) is 6.54. The van der Waals surface area contributed by atoms with Crippen LogP contribution in [0.1, 0.15) is 33.1 Å². The van der Waals surface area contributed by atoms with Crippen molar-refractivity contribution >= 4 is 40.0 Å². The maximum absolute atomic E-state index is 13.0. The zero-order valence-corrected chi connectivity index (χ0v) is 22.5. The second-order valence-electron chi connectivity index (χ2n) is 9.31. The molecule has 1 N–H and O–H groups in total. The Morgan fingerprint density at radius 3 is 2.55 bits per heavy atom.